The topological polar surface area (TPSA) is 83.9 Å². The molecule has 0 aliphatic carbocycles. The number of alkyl halides is 3. The maximum Gasteiger partial charge on any atom is 0.435 e. The second kappa shape index (κ2) is 7.22. The molecule has 1 N–H and O–H groups in total. The van der Waals surface area contributed by atoms with Crippen LogP contribution >= 0.6 is 0 Å². The smallest absolute Gasteiger partial charge is 0.334 e. The third-order valence-corrected chi connectivity index (χ3v) is 3.97. The first-order chi connectivity index (χ1) is 12.8. The number of likely N-dealkylation sites (N-methyl/N-ethyl adjacent to an activating group) is 1. The molecule has 0 atom stereocenters. The zero-order chi connectivity index (χ0) is 19.6. The van der Waals surface area contributed by atoms with Crippen molar-refractivity contribution < 1.29 is 18.0 Å². The Hall–Kier alpha value is -3.17. The number of hydrogen-bond acceptors (Lipinski definition) is 4. The lowest BCUT2D eigenvalue weighted by atomic mass is 10.2. The first kappa shape index (κ1) is 18.6. The molecule has 1 amide bonds. The summed E-state index contributed by atoms with van der Waals surface area (Å²) in [5, 5.41) is 3.81. The van der Waals surface area contributed by atoms with Gasteiger partial charge in [-0.25, -0.2) is 4.98 Å². The minimum Gasteiger partial charge on any atom is -0.334 e. The summed E-state index contributed by atoms with van der Waals surface area (Å²) in [6, 6.07) is 7.61. The molecular weight excluding hydrogens is 363 g/mol. The number of carbonyl (C=O) groups excluding carboxylic acids is 1. The lowest BCUT2D eigenvalue weighted by Crippen LogP contribution is -2.34. The van der Waals surface area contributed by atoms with Gasteiger partial charge in [0.25, 0.3) is 5.56 Å². The van der Waals surface area contributed by atoms with Crippen molar-refractivity contribution in [2.75, 3.05) is 6.54 Å². The normalized spacial score (nSPS) is 11.7. The average Bonchev–Trinajstić information content (AvgIpc) is 3.08. The molecule has 142 valence electrons. The summed E-state index contributed by atoms with van der Waals surface area (Å²) in [6.07, 6.45) is -3.46. The first-order valence-electron chi connectivity index (χ1n) is 8.14. The number of nitrogens with zero attached hydrogens (tertiary/aromatic N) is 4. The van der Waals surface area contributed by atoms with Gasteiger partial charge in [0.1, 0.15) is 12.4 Å². The number of halogens is 3. The van der Waals surface area contributed by atoms with Gasteiger partial charge in [0.15, 0.2) is 5.69 Å². The van der Waals surface area contributed by atoms with Crippen LogP contribution in [-0.2, 0) is 24.1 Å². The molecule has 0 saturated heterocycles. The van der Waals surface area contributed by atoms with Crippen LogP contribution in [0.25, 0.3) is 10.9 Å². The molecule has 0 saturated carbocycles. The molecule has 2 aromatic heterocycles. The Morgan fingerprint density at radius 3 is 2.67 bits per heavy atom. The Morgan fingerprint density at radius 2 is 2.00 bits per heavy atom. The summed E-state index contributed by atoms with van der Waals surface area (Å²) >= 11 is 0. The largest absolute Gasteiger partial charge is 0.435 e. The highest BCUT2D eigenvalue weighted by molar-refractivity contribution is 5.77. The molecule has 0 fully saturated rings. The zero-order valence-electron chi connectivity index (χ0n) is 14.3. The molecule has 0 radical (unpaired) electrons. The number of aromatic amines is 1. The van der Waals surface area contributed by atoms with Crippen LogP contribution in [0.2, 0.25) is 0 Å². The number of nitrogens with one attached hydrogen (secondary N) is 1. The van der Waals surface area contributed by atoms with Crippen molar-refractivity contribution in [3.8, 4) is 0 Å². The van der Waals surface area contributed by atoms with Crippen molar-refractivity contribution in [3.05, 3.63) is 58.4 Å². The molecule has 3 aromatic rings. The summed E-state index contributed by atoms with van der Waals surface area (Å²) in [4.78, 5) is 32.9. The summed E-state index contributed by atoms with van der Waals surface area (Å²) in [5.41, 5.74) is -0.874. The van der Waals surface area contributed by atoms with Crippen molar-refractivity contribution in [1.29, 1.82) is 0 Å². The number of H-pyrrole nitrogens is 1. The number of benzene rings is 1. The highest BCUT2D eigenvalue weighted by Gasteiger charge is 2.33. The van der Waals surface area contributed by atoms with Crippen LogP contribution in [0.4, 0.5) is 13.2 Å². The van der Waals surface area contributed by atoms with Crippen LogP contribution in [-0.4, -0.2) is 37.1 Å². The van der Waals surface area contributed by atoms with E-state index in [1.54, 1.807) is 31.2 Å². The quantitative estimate of drug-likeness (QED) is 0.737. The molecule has 0 aliphatic rings. The minimum absolute atomic E-state index is 0.0306. The Bertz CT molecular complexity index is 1030. The van der Waals surface area contributed by atoms with E-state index >= 15 is 0 Å². The molecule has 7 nitrogen and oxygen atoms in total. The Balaban J connectivity index is 1.76. The van der Waals surface area contributed by atoms with Crippen molar-refractivity contribution in [2.45, 2.75) is 26.2 Å². The van der Waals surface area contributed by atoms with E-state index in [0.29, 0.717) is 23.3 Å². The highest BCUT2D eigenvalue weighted by Crippen LogP contribution is 2.27. The monoisotopic (exact) mass is 379 g/mol. The van der Waals surface area contributed by atoms with Gasteiger partial charge in [-0.2, -0.15) is 18.3 Å². The van der Waals surface area contributed by atoms with Gasteiger partial charge in [0.2, 0.25) is 5.91 Å². The summed E-state index contributed by atoms with van der Waals surface area (Å²) in [7, 11) is 0. The molecule has 1 aromatic carbocycles. The number of aromatic nitrogens is 4. The van der Waals surface area contributed by atoms with Crippen LogP contribution in [0.5, 0.6) is 0 Å². The number of fused-ring (bicyclic) bond motifs is 1. The van der Waals surface area contributed by atoms with Crippen molar-refractivity contribution in [1.82, 2.24) is 24.6 Å². The number of carbonyl (C=O) groups is 1. The lowest BCUT2D eigenvalue weighted by molar-refractivity contribution is -0.142. The molecule has 0 bridgehead atoms. The van der Waals surface area contributed by atoms with Crippen LogP contribution in [0.15, 0.2) is 41.3 Å². The maximum absolute atomic E-state index is 12.6. The van der Waals surface area contributed by atoms with E-state index in [0.717, 1.165) is 16.9 Å². The van der Waals surface area contributed by atoms with Gasteiger partial charge in [-0.3, -0.25) is 14.3 Å². The van der Waals surface area contributed by atoms with E-state index in [1.807, 2.05) is 0 Å². The fourth-order valence-electron chi connectivity index (χ4n) is 2.61. The summed E-state index contributed by atoms with van der Waals surface area (Å²) < 4.78 is 38.7. The van der Waals surface area contributed by atoms with E-state index in [-0.39, 0.29) is 18.6 Å². The van der Waals surface area contributed by atoms with Gasteiger partial charge in [0.05, 0.1) is 17.4 Å². The van der Waals surface area contributed by atoms with E-state index in [1.165, 1.54) is 4.90 Å². The van der Waals surface area contributed by atoms with E-state index in [2.05, 4.69) is 15.1 Å². The zero-order valence-corrected chi connectivity index (χ0v) is 14.3. The van der Waals surface area contributed by atoms with E-state index < -0.39 is 17.8 Å². The molecule has 10 heteroatoms. The van der Waals surface area contributed by atoms with Gasteiger partial charge in [-0.05, 0) is 25.1 Å². The Kier molecular flexibility index (Phi) is 4.98. The third-order valence-electron chi connectivity index (χ3n) is 3.97. The second-order valence-corrected chi connectivity index (χ2v) is 5.83. The fraction of sp³-hybridized carbons (Fsp3) is 0.294. The van der Waals surface area contributed by atoms with Gasteiger partial charge in [0, 0.05) is 12.7 Å². The number of amides is 1. The van der Waals surface area contributed by atoms with Gasteiger partial charge in [-0.15, -0.1) is 0 Å². The van der Waals surface area contributed by atoms with Crippen molar-refractivity contribution in [2.24, 2.45) is 0 Å². The summed E-state index contributed by atoms with van der Waals surface area (Å²) in [5.74, 6) is -0.143. The first-order valence-corrected chi connectivity index (χ1v) is 8.14. The Morgan fingerprint density at radius 1 is 1.26 bits per heavy atom. The molecule has 3 rings (SSSR count). The van der Waals surface area contributed by atoms with Crippen molar-refractivity contribution >= 4 is 16.8 Å². The van der Waals surface area contributed by atoms with Gasteiger partial charge in [-0.1, -0.05) is 12.1 Å². The average molecular weight is 379 g/mol. The fourth-order valence-corrected chi connectivity index (χ4v) is 2.61. The summed E-state index contributed by atoms with van der Waals surface area (Å²) in [6.45, 7) is 1.70. The van der Waals surface area contributed by atoms with Gasteiger partial charge < -0.3 is 9.88 Å². The molecular formula is C17H16F3N5O2. The van der Waals surface area contributed by atoms with Crippen LogP contribution in [0.3, 0.4) is 0 Å². The highest BCUT2D eigenvalue weighted by atomic mass is 19.4. The minimum atomic E-state index is -4.56. The number of rotatable bonds is 5. The van der Waals surface area contributed by atoms with Crippen LogP contribution in [0, 0.1) is 0 Å². The maximum atomic E-state index is 12.6. The molecule has 2 heterocycles. The van der Waals surface area contributed by atoms with Crippen LogP contribution < -0.4 is 5.56 Å². The predicted octanol–water partition coefficient (Wildman–Crippen LogP) is 2.19. The molecule has 27 heavy (non-hydrogen) atoms. The molecule has 0 aliphatic heterocycles. The Labute approximate surface area is 151 Å². The lowest BCUT2D eigenvalue weighted by Gasteiger charge is -2.20. The SMILES string of the molecule is CCN(Cc1nc2ccccc2c(=O)[nH]1)C(=O)Cn1ccc(C(F)(F)F)n1. The predicted molar refractivity (Wildman–Crippen MR) is 90.7 cm³/mol. The number of para-hydroxylation sites is 1. The van der Waals surface area contributed by atoms with E-state index in [9.17, 15) is 22.8 Å². The molecule has 0 unspecified atom stereocenters. The second-order valence-electron chi connectivity index (χ2n) is 5.83. The third kappa shape index (κ3) is 4.15. The molecule has 0 spiro atoms. The van der Waals surface area contributed by atoms with E-state index in [4.69, 9.17) is 0 Å². The van der Waals surface area contributed by atoms with Gasteiger partial charge >= 0.3 is 6.18 Å². The number of hydrogen-bond donors (Lipinski definition) is 1. The standard InChI is InChI=1S/C17H16F3N5O2/c1-2-24(15(26)10-25-8-7-13(23-25)17(18,19)20)9-14-21-12-6-4-3-5-11(12)16(27)22-14/h3-8H,2,9-10H2,1H3,(H,21,22,27). The van der Waals surface area contributed by atoms with Crippen LogP contribution in [0.1, 0.15) is 18.4 Å². The van der Waals surface area contributed by atoms with Crippen molar-refractivity contribution in [3.63, 3.8) is 0 Å².